The molecule has 43 heavy (non-hydrogen) atoms. The van der Waals surface area contributed by atoms with Gasteiger partial charge in [0.05, 0.1) is 5.92 Å². The predicted octanol–water partition coefficient (Wildman–Crippen LogP) is 7.75. The maximum absolute atomic E-state index is 14.3. The molecular weight excluding hydrogens is 536 g/mol. The largest absolute Gasteiger partial charge is 0.508 e. The Balaban J connectivity index is 1.47. The van der Waals surface area contributed by atoms with Crippen molar-refractivity contribution in [2.45, 2.75) is 70.5 Å². The van der Waals surface area contributed by atoms with Crippen molar-refractivity contribution < 1.29 is 24.5 Å². The first kappa shape index (κ1) is 28.6. The number of ether oxygens (including phenoxy) is 2. The summed E-state index contributed by atoms with van der Waals surface area (Å²) in [4.78, 5) is 14.3. The number of phenols is 2. The Kier molecular flexibility index (Phi) is 7.29. The fraction of sp³-hybridized carbons (Fsp3) is 0.289. The van der Waals surface area contributed by atoms with Gasteiger partial charge in [0.15, 0.2) is 11.4 Å². The van der Waals surface area contributed by atoms with Crippen LogP contribution in [0.15, 0.2) is 90.5 Å². The number of hydrogen-bond donors (Lipinski definition) is 2. The monoisotopic (exact) mass is 574 g/mol. The summed E-state index contributed by atoms with van der Waals surface area (Å²) in [5, 5.41) is 21.3. The minimum Gasteiger partial charge on any atom is -0.508 e. The number of carbonyl (C=O) groups excluding carboxylic acids is 1. The van der Waals surface area contributed by atoms with Gasteiger partial charge in [-0.2, -0.15) is 0 Å². The summed E-state index contributed by atoms with van der Waals surface area (Å²) in [7, 11) is 0. The topological polar surface area (TPSA) is 76.0 Å². The van der Waals surface area contributed by atoms with Gasteiger partial charge in [-0.25, -0.2) is 0 Å². The van der Waals surface area contributed by atoms with Gasteiger partial charge in [0.25, 0.3) is 0 Å². The molecule has 0 bridgehead atoms. The molecule has 0 saturated heterocycles. The van der Waals surface area contributed by atoms with Crippen molar-refractivity contribution in [1.82, 2.24) is 0 Å². The molecular formula is C38H38O5. The summed E-state index contributed by atoms with van der Waals surface area (Å²) in [6.07, 6.45) is 4.99. The molecule has 0 saturated carbocycles. The van der Waals surface area contributed by atoms with Crippen LogP contribution in [0.1, 0.15) is 67.0 Å². The Labute approximate surface area is 253 Å². The van der Waals surface area contributed by atoms with Crippen LogP contribution in [0.25, 0.3) is 6.08 Å². The maximum Gasteiger partial charge on any atom is 0.187 e. The van der Waals surface area contributed by atoms with E-state index in [-0.39, 0.29) is 17.3 Å². The molecule has 2 heterocycles. The molecule has 0 aliphatic carbocycles. The third-order valence-electron chi connectivity index (χ3n) is 8.66. The number of carbonyl (C=O) groups is 1. The number of aromatic hydroxyl groups is 2. The number of benzene rings is 4. The van der Waals surface area contributed by atoms with Crippen molar-refractivity contribution in [3.8, 4) is 23.0 Å². The van der Waals surface area contributed by atoms with E-state index in [1.165, 1.54) is 11.1 Å². The number of rotatable bonds is 7. The highest BCUT2D eigenvalue weighted by Gasteiger charge is 2.49. The number of aryl methyl sites for hydroxylation is 4. The van der Waals surface area contributed by atoms with Crippen molar-refractivity contribution in [1.29, 1.82) is 0 Å². The summed E-state index contributed by atoms with van der Waals surface area (Å²) >= 11 is 0. The van der Waals surface area contributed by atoms with E-state index in [4.69, 9.17) is 9.47 Å². The number of Topliss-reactive ketones (excluding diaryl/α,β-unsaturated/α-hetero) is 1. The summed E-state index contributed by atoms with van der Waals surface area (Å²) in [6.45, 7) is 7.50. The molecule has 0 radical (unpaired) electrons. The van der Waals surface area contributed by atoms with E-state index in [2.05, 4.69) is 30.3 Å². The van der Waals surface area contributed by atoms with Gasteiger partial charge in [0, 0.05) is 23.3 Å². The Morgan fingerprint density at radius 2 is 1.16 bits per heavy atom. The van der Waals surface area contributed by atoms with Crippen LogP contribution in [0, 0.1) is 0 Å². The fourth-order valence-electron chi connectivity index (χ4n) is 6.45. The third-order valence-corrected chi connectivity index (χ3v) is 8.66. The molecule has 0 amide bonds. The molecule has 2 N–H and O–H groups in total. The lowest BCUT2D eigenvalue weighted by Crippen LogP contribution is -2.49. The van der Waals surface area contributed by atoms with Crippen molar-refractivity contribution in [3.05, 3.63) is 124 Å². The summed E-state index contributed by atoms with van der Waals surface area (Å²) in [5.74, 6) is 0.706. The van der Waals surface area contributed by atoms with Crippen LogP contribution in [0.4, 0.5) is 0 Å². The smallest absolute Gasteiger partial charge is 0.187 e. The molecule has 4 aromatic rings. The Morgan fingerprint density at radius 1 is 0.651 bits per heavy atom. The normalized spacial score (nSPS) is 18.1. The molecule has 2 aliphatic heterocycles. The van der Waals surface area contributed by atoms with Gasteiger partial charge in [-0.3, -0.25) is 4.79 Å². The fourth-order valence-corrected chi connectivity index (χ4v) is 6.45. The van der Waals surface area contributed by atoms with Gasteiger partial charge in [-0.05, 0) is 99.4 Å². The van der Waals surface area contributed by atoms with E-state index in [0.717, 1.165) is 40.7 Å². The maximum atomic E-state index is 14.3. The van der Waals surface area contributed by atoms with Crippen LogP contribution in [-0.2, 0) is 30.5 Å². The van der Waals surface area contributed by atoms with Crippen LogP contribution in [0.3, 0.4) is 0 Å². The van der Waals surface area contributed by atoms with Gasteiger partial charge in [0.1, 0.15) is 28.6 Å². The number of hydrogen-bond acceptors (Lipinski definition) is 5. The molecule has 0 aromatic heterocycles. The average molecular weight is 575 g/mol. The zero-order valence-electron chi connectivity index (χ0n) is 25.2. The van der Waals surface area contributed by atoms with E-state index in [0.29, 0.717) is 24.3 Å². The highest BCUT2D eigenvalue weighted by atomic mass is 16.5. The highest BCUT2D eigenvalue weighted by Crippen LogP contribution is 2.51. The lowest BCUT2D eigenvalue weighted by Gasteiger charge is -2.43. The molecule has 0 fully saturated rings. The lowest BCUT2D eigenvalue weighted by molar-refractivity contribution is -0.135. The zero-order chi connectivity index (χ0) is 30.4. The van der Waals surface area contributed by atoms with Crippen LogP contribution < -0.4 is 9.47 Å². The SMILES string of the molecule is CC1(C)Oc2cc(O)cc(CCc3ccccc3)c2C(C2=Cc3c(CCc4ccccc4)cc(O)cc3OC2(C)C)C1=O. The third kappa shape index (κ3) is 5.64. The van der Waals surface area contributed by atoms with E-state index < -0.39 is 17.1 Å². The van der Waals surface area contributed by atoms with Crippen LogP contribution in [0.5, 0.6) is 23.0 Å². The minimum absolute atomic E-state index is 0.0531. The number of ketones is 1. The molecule has 0 spiro atoms. The Morgan fingerprint density at radius 3 is 1.77 bits per heavy atom. The molecule has 5 heteroatoms. The van der Waals surface area contributed by atoms with Gasteiger partial charge in [-0.15, -0.1) is 0 Å². The average Bonchev–Trinajstić information content (AvgIpc) is 2.96. The second-order valence-corrected chi connectivity index (χ2v) is 12.6. The van der Waals surface area contributed by atoms with Crippen LogP contribution in [-0.4, -0.2) is 27.2 Å². The summed E-state index contributed by atoms with van der Waals surface area (Å²) < 4.78 is 12.9. The van der Waals surface area contributed by atoms with E-state index >= 15 is 0 Å². The first-order valence-electron chi connectivity index (χ1n) is 15.0. The Hall–Kier alpha value is -4.51. The summed E-state index contributed by atoms with van der Waals surface area (Å²) in [6, 6.07) is 27.3. The summed E-state index contributed by atoms with van der Waals surface area (Å²) in [5.41, 5.74) is 4.77. The van der Waals surface area contributed by atoms with Crippen molar-refractivity contribution in [2.24, 2.45) is 0 Å². The Bertz CT molecular complexity index is 1700. The van der Waals surface area contributed by atoms with Gasteiger partial charge >= 0.3 is 0 Å². The van der Waals surface area contributed by atoms with Crippen LogP contribution in [0.2, 0.25) is 0 Å². The molecule has 1 unspecified atom stereocenters. The van der Waals surface area contributed by atoms with Gasteiger partial charge in [0.2, 0.25) is 0 Å². The number of phenolic OH excluding ortho intramolecular Hbond substituents is 2. The molecule has 6 rings (SSSR count). The first-order chi connectivity index (χ1) is 20.5. The standard InChI is InChI=1S/C38H38O5/c1-37(2)31(23-30-26(19-28(39)21-32(30)42-37)17-15-24-11-7-5-8-12-24)35-34-27(18-16-25-13-9-6-10-14-25)20-29(40)22-33(34)43-38(3,4)36(35)41/h5-14,19-23,35,39-40H,15-18H2,1-4H3. The molecule has 220 valence electrons. The van der Waals surface area contributed by atoms with Crippen molar-refractivity contribution in [3.63, 3.8) is 0 Å². The molecule has 2 aliphatic rings. The van der Waals surface area contributed by atoms with Gasteiger partial charge < -0.3 is 19.7 Å². The zero-order valence-corrected chi connectivity index (χ0v) is 25.2. The van der Waals surface area contributed by atoms with Crippen molar-refractivity contribution >= 4 is 11.9 Å². The quantitative estimate of drug-likeness (QED) is 0.236. The van der Waals surface area contributed by atoms with E-state index in [1.807, 2.05) is 50.2 Å². The highest BCUT2D eigenvalue weighted by molar-refractivity contribution is 5.99. The molecule has 4 aromatic carbocycles. The second kappa shape index (κ2) is 11.0. The second-order valence-electron chi connectivity index (χ2n) is 12.6. The molecule has 1 atom stereocenters. The first-order valence-corrected chi connectivity index (χ1v) is 15.0. The molecule has 5 nitrogen and oxygen atoms in total. The van der Waals surface area contributed by atoms with E-state index in [1.54, 1.807) is 38.1 Å². The van der Waals surface area contributed by atoms with Crippen LogP contribution >= 0.6 is 0 Å². The lowest BCUT2D eigenvalue weighted by atomic mass is 9.70. The van der Waals surface area contributed by atoms with Gasteiger partial charge in [-0.1, -0.05) is 60.7 Å². The minimum atomic E-state index is -1.11. The van der Waals surface area contributed by atoms with Crippen molar-refractivity contribution in [2.75, 3.05) is 0 Å². The predicted molar refractivity (Wildman–Crippen MR) is 169 cm³/mol. The van der Waals surface area contributed by atoms with E-state index in [9.17, 15) is 15.0 Å². The number of fused-ring (bicyclic) bond motifs is 2.